The summed E-state index contributed by atoms with van der Waals surface area (Å²) in [5.41, 5.74) is 0.933. The predicted molar refractivity (Wildman–Crippen MR) is 72.0 cm³/mol. The zero-order chi connectivity index (χ0) is 13.4. The molecule has 0 amide bonds. The van der Waals surface area contributed by atoms with E-state index in [2.05, 4.69) is 22.2 Å². The Morgan fingerprint density at radius 1 is 1.50 bits per heavy atom. The van der Waals surface area contributed by atoms with Gasteiger partial charge in [0.05, 0.1) is 12.7 Å². The summed E-state index contributed by atoms with van der Waals surface area (Å²) in [7, 11) is 1.57. The lowest BCUT2D eigenvalue weighted by Crippen LogP contribution is -2.19. The number of hydrogen-bond acceptors (Lipinski definition) is 5. The molecule has 0 saturated heterocycles. The van der Waals surface area contributed by atoms with Gasteiger partial charge < -0.3 is 15.2 Å². The van der Waals surface area contributed by atoms with Crippen LogP contribution in [0.15, 0.2) is 6.33 Å². The Balaban J connectivity index is 2.53. The molecule has 0 spiro atoms. The highest BCUT2D eigenvalue weighted by molar-refractivity contribution is 6.30. The smallest absolute Gasteiger partial charge is 0.137 e. The molecule has 6 heteroatoms. The topological polar surface area (TPSA) is 67.3 Å². The fraction of sp³-hybridized carbons (Fsp3) is 0.667. The first kappa shape index (κ1) is 15.1. The minimum Gasteiger partial charge on any atom is -0.391 e. The van der Waals surface area contributed by atoms with Crippen LogP contribution in [-0.2, 0) is 11.2 Å². The van der Waals surface area contributed by atoms with Gasteiger partial charge in [0.2, 0.25) is 0 Å². The molecule has 1 unspecified atom stereocenters. The number of aliphatic hydroxyl groups is 1. The SMILES string of the molecule is CCCc1c(Cl)ncnc1NCCC(O)COC. The number of aliphatic hydroxyl groups excluding tert-OH is 1. The second-order valence-corrected chi connectivity index (χ2v) is 4.42. The molecule has 1 rings (SSSR count). The molecule has 0 bridgehead atoms. The molecule has 0 aromatic carbocycles. The van der Waals surface area contributed by atoms with Gasteiger partial charge in [-0.1, -0.05) is 24.9 Å². The van der Waals surface area contributed by atoms with Gasteiger partial charge in [0.1, 0.15) is 17.3 Å². The number of ether oxygens (including phenoxy) is 1. The quantitative estimate of drug-likeness (QED) is 0.708. The molecule has 18 heavy (non-hydrogen) atoms. The Kier molecular flexibility index (Phi) is 6.93. The molecule has 0 radical (unpaired) electrons. The highest BCUT2D eigenvalue weighted by Gasteiger charge is 2.09. The third-order valence-corrected chi connectivity index (χ3v) is 2.85. The van der Waals surface area contributed by atoms with Crippen LogP contribution < -0.4 is 5.32 Å². The zero-order valence-electron chi connectivity index (χ0n) is 10.8. The van der Waals surface area contributed by atoms with E-state index in [-0.39, 0.29) is 0 Å². The largest absolute Gasteiger partial charge is 0.391 e. The van der Waals surface area contributed by atoms with Gasteiger partial charge in [-0.25, -0.2) is 9.97 Å². The average Bonchev–Trinajstić information content (AvgIpc) is 2.34. The monoisotopic (exact) mass is 273 g/mol. The van der Waals surface area contributed by atoms with Crippen LogP contribution in [0.3, 0.4) is 0 Å². The first-order valence-electron chi connectivity index (χ1n) is 6.09. The standard InChI is InChI=1S/C12H20ClN3O2/c1-3-4-10-11(13)15-8-16-12(10)14-6-5-9(17)7-18-2/h8-9,17H,3-7H2,1-2H3,(H,14,15,16). The maximum atomic E-state index is 9.53. The lowest BCUT2D eigenvalue weighted by Gasteiger charge is -2.13. The van der Waals surface area contributed by atoms with Gasteiger partial charge in [0.15, 0.2) is 0 Å². The first-order chi connectivity index (χ1) is 8.69. The number of anilines is 1. The number of nitrogens with one attached hydrogen (secondary N) is 1. The molecular formula is C12H20ClN3O2. The van der Waals surface area contributed by atoms with E-state index in [1.807, 2.05) is 0 Å². The maximum absolute atomic E-state index is 9.53. The van der Waals surface area contributed by atoms with E-state index in [0.29, 0.717) is 24.7 Å². The summed E-state index contributed by atoms with van der Waals surface area (Å²) < 4.78 is 4.86. The minimum absolute atomic E-state index is 0.341. The first-order valence-corrected chi connectivity index (χ1v) is 6.47. The van der Waals surface area contributed by atoms with Crippen molar-refractivity contribution in [2.45, 2.75) is 32.3 Å². The Hall–Kier alpha value is -0.910. The molecule has 0 saturated carbocycles. The summed E-state index contributed by atoms with van der Waals surface area (Å²) in [5, 5.41) is 13.2. The number of halogens is 1. The van der Waals surface area contributed by atoms with Crippen molar-refractivity contribution in [2.75, 3.05) is 25.6 Å². The molecule has 1 atom stereocenters. The normalized spacial score (nSPS) is 12.4. The van der Waals surface area contributed by atoms with Crippen LogP contribution in [0.2, 0.25) is 5.15 Å². The minimum atomic E-state index is -0.463. The second kappa shape index (κ2) is 8.24. The predicted octanol–water partition coefficient (Wildman–Crippen LogP) is 1.89. The van der Waals surface area contributed by atoms with Crippen LogP contribution in [0.1, 0.15) is 25.3 Å². The maximum Gasteiger partial charge on any atom is 0.137 e. The number of hydrogen-bond donors (Lipinski definition) is 2. The Morgan fingerprint density at radius 3 is 2.94 bits per heavy atom. The molecule has 0 fully saturated rings. The summed E-state index contributed by atoms with van der Waals surface area (Å²) in [6.45, 7) is 3.04. The van der Waals surface area contributed by atoms with Gasteiger partial charge in [0.25, 0.3) is 0 Å². The van der Waals surface area contributed by atoms with Crippen LogP contribution in [0.25, 0.3) is 0 Å². The molecular weight excluding hydrogens is 254 g/mol. The molecule has 102 valence electrons. The molecule has 0 aliphatic heterocycles. The van der Waals surface area contributed by atoms with Crippen molar-refractivity contribution in [2.24, 2.45) is 0 Å². The van der Waals surface area contributed by atoms with E-state index in [9.17, 15) is 5.11 Å². The van der Waals surface area contributed by atoms with Crippen molar-refractivity contribution in [1.82, 2.24) is 9.97 Å². The van der Waals surface area contributed by atoms with Crippen molar-refractivity contribution in [3.8, 4) is 0 Å². The number of aromatic nitrogens is 2. The molecule has 5 nitrogen and oxygen atoms in total. The second-order valence-electron chi connectivity index (χ2n) is 4.07. The highest BCUT2D eigenvalue weighted by Crippen LogP contribution is 2.21. The molecule has 1 aromatic rings. The van der Waals surface area contributed by atoms with Gasteiger partial charge in [-0.15, -0.1) is 0 Å². The summed E-state index contributed by atoms with van der Waals surface area (Å²) in [4.78, 5) is 8.16. The van der Waals surface area contributed by atoms with E-state index in [0.717, 1.165) is 24.2 Å². The van der Waals surface area contributed by atoms with Gasteiger partial charge in [-0.05, 0) is 12.8 Å². The molecule has 2 N–H and O–H groups in total. The number of methoxy groups -OCH3 is 1. The van der Waals surface area contributed by atoms with E-state index >= 15 is 0 Å². The Morgan fingerprint density at radius 2 is 2.28 bits per heavy atom. The summed E-state index contributed by atoms with van der Waals surface area (Å²) >= 11 is 6.04. The molecule has 1 aromatic heterocycles. The van der Waals surface area contributed by atoms with Crippen LogP contribution in [0, 0.1) is 0 Å². The van der Waals surface area contributed by atoms with Gasteiger partial charge in [0, 0.05) is 19.2 Å². The third kappa shape index (κ3) is 4.76. The fourth-order valence-corrected chi connectivity index (χ4v) is 1.88. The van der Waals surface area contributed by atoms with Crippen LogP contribution in [0.5, 0.6) is 0 Å². The number of nitrogens with zero attached hydrogens (tertiary/aromatic N) is 2. The summed E-state index contributed by atoms with van der Waals surface area (Å²) in [5.74, 6) is 0.751. The van der Waals surface area contributed by atoms with Crippen molar-refractivity contribution in [3.05, 3.63) is 17.0 Å². The van der Waals surface area contributed by atoms with Crippen molar-refractivity contribution in [1.29, 1.82) is 0 Å². The van der Waals surface area contributed by atoms with E-state index < -0.39 is 6.10 Å². The lowest BCUT2D eigenvalue weighted by molar-refractivity contribution is 0.0615. The van der Waals surface area contributed by atoms with Crippen LogP contribution in [-0.4, -0.2) is 41.4 Å². The van der Waals surface area contributed by atoms with Crippen molar-refractivity contribution < 1.29 is 9.84 Å². The Labute approximate surface area is 113 Å². The van der Waals surface area contributed by atoms with E-state index in [4.69, 9.17) is 16.3 Å². The molecule has 0 aliphatic carbocycles. The number of rotatable bonds is 8. The Bertz CT molecular complexity index is 363. The van der Waals surface area contributed by atoms with Gasteiger partial charge in [-0.2, -0.15) is 0 Å². The summed E-state index contributed by atoms with van der Waals surface area (Å²) in [6, 6.07) is 0. The van der Waals surface area contributed by atoms with Crippen LogP contribution in [0.4, 0.5) is 5.82 Å². The lowest BCUT2D eigenvalue weighted by atomic mass is 10.2. The molecule has 0 aliphatic rings. The van der Waals surface area contributed by atoms with Crippen molar-refractivity contribution in [3.63, 3.8) is 0 Å². The fourth-order valence-electron chi connectivity index (χ4n) is 1.65. The van der Waals surface area contributed by atoms with Crippen molar-refractivity contribution >= 4 is 17.4 Å². The van der Waals surface area contributed by atoms with Gasteiger partial charge >= 0.3 is 0 Å². The van der Waals surface area contributed by atoms with Crippen LogP contribution >= 0.6 is 11.6 Å². The summed E-state index contributed by atoms with van der Waals surface area (Å²) in [6.07, 6.45) is 3.39. The molecule has 1 heterocycles. The van der Waals surface area contributed by atoms with Gasteiger partial charge in [-0.3, -0.25) is 0 Å². The average molecular weight is 274 g/mol. The van der Waals surface area contributed by atoms with E-state index in [1.165, 1.54) is 6.33 Å². The third-order valence-electron chi connectivity index (χ3n) is 2.52. The highest BCUT2D eigenvalue weighted by atomic mass is 35.5. The zero-order valence-corrected chi connectivity index (χ0v) is 11.6. The van der Waals surface area contributed by atoms with E-state index in [1.54, 1.807) is 7.11 Å².